The van der Waals surface area contributed by atoms with E-state index in [4.69, 9.17) is 0 Å². The Morgan fingerprint density at radius 2 is 1.58 bits per heavy atom. The SMILES string of the molecule is CC(=O)N(Cc1ccccc1)c1ccc(C2CCN(C(=O)NS(=O)(=O)c3ccc(NC(CCN(C)C)CSc4ccccc4)c([N+](=O)[O-])c3)CC2)cc1. The summed E-state index contributed by atoms with van der Waals surface area (Å²) in [4.78, 5) is 43.0. The van der Waals surface area contributed by atoms with E-state index in [1.165, 1.54) is 17.0 Å². The first-order chi connectivity index (χ1) is 25.4. The summed E-state index contributed by atoms with van der Waals surface area (Å²) in [5, 5.41) is 15.4. The number of urea groups is 1. The first kappa shape index (κ1) is 39.3. The summed E-state index contributed by atoms with van der Waals surface area (Å²) in [6, 6.07) is 30.2. The van der Waals surface area contributed by atoms with Crippen LogP contribution in [0.1, 0.15) is 43.2 Å². The Hall–Kier alpha value is -4.92. The number of likely N-dealkylation sites (tertiary alicyclic amines) is 1. The Morgan fingerprint density at radius 1 is 0.943 bits per heavy atom. The number of rotatable bonds is 15. The van der Waals surface area contributed by atoms with Crippen LogP contribution in [0.25, 0.3) is 0 Å². The minimum Gasteiger partial charge on any atom is -0.376 e. The lowest BCUT2D eigenvalue weighted by molar-refractivity contribution is -0.384. The highest BCUT2D eigenvalue weighted by atomic mass is 32.2. The van der Waals surface area contributed by atoms with Crippen molar-refractivity contribution >= 4 is 50.8 Å². The average molecular weight is 759 g/mol. The molecule has 0 spiro atoms. The number of nitrogens with one attached hydrogen (secondary N) is 2. The molecule has 280 valence electrons. The van der Waals surface area contributed by atoms with Crippen molar-refractivity contribution in [3.8, 4) is 0 Å². The van der Waals surface area contributed by atoms with Gasteiger partial charge >= 0.3 is 6.03 Å². The van der Waals surface area contributed by atoms with Crippen LogP contribution in [0.4, 0.5) is 21.9 Å². The van der Waals surface area contributed by atoms with Crippen LogP contribution in [0.3, 0.4) is 0 Å². The van der Waals surface area contributed by atoms with Crippen LogP contribution < -0.4 is 14.9 Å². The Labute approximate surface area is 315 Å². The monoisotopic (exact) mass is 758 g/mol. The van der Waals surface area contributed by atoms with E-state index in [2.05, 4.69) is 10.0 Å². The highest BCUT2D eigenvalue weighted by Gasteiger charge is 2.29. The number of nitro groups is 1. The maximum Gasteiger partial charge on any atom is 0.331 e. The number of amides is 3. The third kappa shape index (κ3) is 11.0. The molecule has 53 heavy (non-hydrogen) atoms. The normalized spacial score (nSPS) is 14.1. The van der Waals surface area contributed by atoms with E-state index in [0.29, 0.717) is 44.6 Å². The van der Waals surface area contributed by atoms with Gasteiger partial charge in [0.05, 0.1) is 16.4 Å². The van der Waals surface area contributed by atoms with Gasteiger partial charge in [-0.15, -0.1) is 11.8 Å². The van der Waals surface area contributed by atoms with Gasteiger partial charge in [0, 0.05) is 48.5 Å². The van der Waals surface area contributed by atoms with E-state index >= 15 is 0 Å². The van der Waals surface area contributed by atoms with Gasteiger partial charge in [-0.2, -0.15) is 0 Å². The molecule has 12 nitrogen and oxygen atoms in total. The molecule has 0 aliphatic carbocycles. The van der Waals surface area contributed by atoms with E-state index < -0.39 is 26.7 Å². The predicted octanol–water partition coefficient (Wildman–Crippen LogP) is 6.95. The van der Waals surface area contributed by atoms with Gasteiger partial charge in [-0.3, -0.25) is 14.9 Å². The standard InChI is InChI=1S/C39H46N6O6S2/c1-29(46)44(27-30-10-6-4-7-11-30)34-16-14-31(15-17-34)32-20-24-43(25-21-32)39(47)41-53(50,51)36-18-19-37(38(26-36)45(48)49)40-33(22-23-42(2)3)28-52-35-12-8-5-9-13-35/h4-19,26,32-33,40H,20-25,27-28H2,1-3H3,(H,41,47). The van der Waals surface area contributed by atoms with E-state index in [9.17, 15) is 28.1 Å². The minimum absolute atomic E-state index is 0.0592. The van der Waals surface area contributed by atoms with Crippen molar-refractivity contribution in [1.82, 2.24) is 14.5 Å². The van der Waals surface area contributed by atoms with Crippen LogP contribution >= 0.6 is 11.8 Å². The van der Waals surface area contributed by atoms with Crippen molar-refractivity contribution in [2.45, 2.75) is 54.5 Å². The molecular formula is C39H46N6O6S2. The number of carbonyl (C=O) groups excluding carboxylic acids is 2. The summed E-state index contributed by atoms with van der Waals surface area (Å²) in [5.41, 5.74) is 2.72. The molecule has 1 aliphatic heterocycles. The maximum absolute atomic E-state index is 13.3. The van der Waals surface area contributed by atoms with Crippen molar-refractivity contribution in [3.05, 3.63) is 124 Å². The van der Waals surface area contributed by atoms with Gasteiger partial charge < -0.3 is 20.0 Å². The zero-order valence-electron chi connectivity index (χ0n) is 30.2. The molecule has 5 rings (SSSR count). The molecular weight excluding hydrogens is 713 g/mol. The van der Waals surface area contributed by atoms with Gasteiger partial charge in [0.2, 0.25) is 5.91 Å². The highest BCUT2D eigenvalue weighted by molar-refractivity contribution is 7.99. The van der Waals surface area contributed by atoms with Crippen molar-refractivity contribution < 1.29 is 22.9 Å². The molecule has 4 aromatic carbocycles. The zero-order chi connectivity index (χ0) is 38.0. The molecule has 0 radical (unpaired) electrons. The third-order valence-electron chi connectivity index (χ3n) is 9.20. The predicted molar refractivity (Wildman–Crippen MR) is 210 cm³/mol. The van der Waals surface area contributed by atoms with Crippen molar-refractivity contribution in [2.75, 3.05) is 49.7 Å². The maximum atomic E-state index is 13.3. The second-order valence-corrected chi connectivity index (χ2v) is 16.1. The van der Waals surface area contributed by atoms with E-state index in [-0.39, 0.29) is 28.4 Å². The van der Waals surface area contributed by atoms with Crippen molar-refractivity contribution in [2.24, 2.45) is 0 Å². The quantitative estimate of drug-likeness (QED) is 0.0748. The first-order valence-corrected chi connectivity index (χ1v) is 20.0. The Bertz CT molecular complexity index is 1960. The van der Waals surface area contributed by atoms with Gasteiger partial charge in [-0.05, 0) is 93.3 Å². The lowest BCUT2D eigenvalue weighted by Crippen LogP contribution is -2.46. The van der Waals surface area contributed by atoms with Gasteiger partial charge in [-0.1, -0.05) is 60.7 Å². The van der Waals surface area contributed by atoms with Gasteiger partial charge in [0.1, 0.15) is 5.69 Å². The number of nitrogens with zero attached hydrogens (tertiary/aromatic N) is 4. The smallest absolute Gasteiger partial charge is 0.331 e. The zero-order valence-corrected chi connectivity index (χ0v) is 31.8. The molecule has 0 bridgehead atoms. The summed E-state index contributed by atoms with van der Waals surface area (Å²) >= 11 is 1.63. The number of anilines is 2. The van der Waals surface area contributed by atoms with Gasteiger partial charge in [0.25, 0.3) is 15.7 Å². The van der Waals surface area contributed by atoms with Crippen LogP contribution in [-0.2, 0) is 21.4 Å². The molecule has 0 aromatic heterocycles. The number of nitro benzene ring substituents is 1. The van der Waals surface area contributed by atoms with Crippen LogP contribution in [-0.4, -0.2) is 80.6 Å². The van der Waals surface area contributed by atoms with Gasteiger partial charge in [-0.25, -0.2) is 17.9 Å². The Kier molecular flexibility index (Phi) is 13.5. The molecule has 1 unspecified atom stereocenters. The number of hydrogen-bond donors (Lipinski definition) is 2. The fourth-order valence-corrected chi connectivity index (χ4v) is 8.21. The molecule has 1 fully saturated rings. The first-order valence-electron chi connectivity index (χ1n) is 17.5. The number of thioether (sulfide) groups is 1. The third-order valence-corrected chi connectivity index (χ3v) is 11.7. The van der Waals surface area contributed by atoms with Crippen LogP contribution in [0.2, 0.25) is 0 Å². The van der Waals surface area contributed by atoms with Crippen LogP contribution in [0, 0.1) is 10.1 Å². The van der Waals surface area contributed by atoms with Crippen molar-refractivity contribution in [1.29, 1.82) is 0 Å². The average Bonchev–Trinajstić information content (AvgIpc) is 3.15. The second-order valence-electron chi connectivity index (χ2n) is 13.3. The molecule has 3 amide bonds. The summed E-state index contributed by atoms with van der Waals surface area (Å²) in [7, 11) is -0.491. The lowest BCUT2D eigenvalue weighted by atomic mass is 9.89. The molecule has 1 heterocycles. The summed E-state index contributed by atoms with van der Waals surface area (Å²) in [6.07, 6.45) is 1.95. The summed E-state index contributed by atoms with van der Waals surface area (Å²) in [5.74, 6) is 0.733. The van der Waals surface area contributed by atoms with Gasteiger partial charge in [0.15, 0.2) is 0 Å². The topological polar surface area (TPSA) is 145 Å². The fraction of sp³-hybridized carbons (Fsp3) is 0.333. The molecule has 4 aromatic rings. The second kappa shape index (κ2) is 18.2. The number of piperidine rings is 1. The molecule has 1 atom stereocenters. The largest absolute Gasteiger partial charge is 0.376 e. The molecule has 0 saturated carbocycles. The minimum atomic E-state index is -4.40. The van der Waals surface area contributed by atoms with E-state index in [1.807, 2.05) is 104 Å². The number of carbonyl (C=O) groups is 2. The summed E-state index contributed by atoms with van der Waals surface area (Å²) < 4.78 is 28.8. The Balaban J connectivity index is 1.19. The van der Waals surface area contributed by atoms with Crippen LogP contribution in [0.5, 0.6) is 0 Å². The highest BCUT2D eigenvalue weighted by Crippen LogP contribution is 2.32. The summed E-state index contributed by atoms with van der Waals surface area (Å²) in [6.45, 7) is 3.42. The number of sulfonamides is 1. The van der Waals surface area contributed by atoms with Crippen LogP contribution in [0.15, 0.2) is 113 Å². The number of benzene rings is 4. The molecule has 1 saturated heterocycles. The molecule has 2 N–H and O–H groups in total. The molecule has 1 aliphatic rings. The molecule has 14 heteroatoms. The fourth-order valence-electron chi connectivity index (χ4n) is 6.23. The lowest BCUT2D eigenvalue weighted by Gasteiger charge is -2.32. The Morgan fingerprint density at radius 3 is 2.19 bits per heavy atom. The van der Waals surface area contributed by atoms with E-state index in [1.54, 1.807) is 23.6 Å². The van der Waals surface area contributed by atoms with E-state index in [0.717, 1.165) is 34.3 Å². The van der Waals surface area contributed by atoms with Crippen molar-refractivity contribution in [3.63, 3.8) is 0 Å². The number of hydrogen-bond acceptors (Lipinski definition) is 9.